The van der Waals surface area contributed by atoms with Gasteiger partial charge in [-0.05, 0) is 0 Å². The number of hydrogen-bond acceptors (Lipinski definition) is 0. The van der Waals surface area contributed by atoms with Crippen molar-refractivity contribution in [3.05, 3.63) is 135 Å². The second-order valence-electron chi connectivity index (χ2n) is 4.52. The van der Waals surface area contributed by atoms with Gasteiger partial charge in [0.05, 0.1) is 0 Å². The van der Waals surface area contributed by atoms with Crippen LogP contribution in [-0.2, 0) is 85.3 Å². The summed E-state index contributed by atoms with van der Waals surface area (Å²) in [6.45, 7) is 0. The van der Waals surface area contributed by atoms with Crippen LogP contribution in [0.15, 0.2) is 78.9 Å². The third-order valence-electron chi connectivity index (χ3n) is 2.73. The van der Waals surface area contributed by atoms with Gasteiger partial charge in [0.1, 0.15) is 0 Å². The van der Waals surface area contributed by atoms with Crippen molar-refractivity contribution in [1.29, 1.82) is 0 Å². The van der Waals surface area contributed by atoms with Crippen molar-refractivity contribution in [1.82, 2.24) is 0 Å². The maximum absolute atomic E-state index is 6.61. The van der Waals surface area contributed by atoms with Gasteiger partial charge in [-0.3, -0.25) is 11.8 Å². The largest absolute Gasteiger partial charge is 3.00 e. The Kier molecular flexibility index (Phi) is 40.6. The standard InChI is InChI=1S/2C7H4.2C5H5.3Cu.2Fe/c2*1-2-7-5-3-4-6-7;2*1-2-4-5-3-1;;;;;/h2*3-6H;2*1-5H;;;;;/q2*-2;2*-1;3*+1;+2;+3. The molecule has 1 fully saturated rings. The van der Waals surface area contributed by atoms with Crippen LogP contribution in [0.1, 0.15) is 11.1 Å². The zero-order valence-electron chi connectivity index (χ0n) is 15.0. The quantitative estimate of drug-likeness (QED) is 0.189. The summed E-state index contributed by atoms with van der Waals surface area (Å²) >= 11 is 0. The molecule has 0 aromatic heterocycles. The van der Waals surface area contributed by atoms with E-state index in [1.54, 1.807) is 0 Å². The van der Waals surface area contributed by atoms with Gasteiger partial charge in [0, 0.05) is 0 Å². The van der Waals surface area contributed by atoms with Crippen molar-refractivity contribution in [2.24, 2.45) is 0 Å². The third-order valence-corrected chi connectivity index (χ3v) is 2.73. The molecule has 29 heavy (non-hydrogen) atoms. The van der Waals surface area contributed by atoms with Gasteiger partial charge in [0.25, 0.3) is 0 Å². The predicted molar refractivity (Wildman–Crippen MR) is 100 cm³/mol. The first-order valence-corrected chi connectivity index (χ1v) is 7.49. The maximum atomic E-state index is 6.61. The fourth-order valence-corrected chi connectivity index (χ4v) is 1.56. The van der Waals surface area contributed by atoms with Gasteiger partial charge in [-0.1, -0.05) is 12.8 Å². The van der Waals surface area contributed by atoms with E-state index in [0.717, 1.165) is 11.1 Å². The molecule has 0 bridgehead atoms. The first-order valence-electron chi connectivity index (χ1n) is 7.49. The Morgan fingerprint density at radius 3 is 1.21 bits per heavy atom. The van der Waals surface area contributed by atoms with Crippen LogP contribution in [0.4, 0.5) is 0 Å². The van der Waals surface area contributed by atoms with Crippen LogP contribution in [-0.4, -0.2) is 0 Å². The Morgan fingerprint density at radius 2 is 1.07 bits per heavy atom. The first kappa shape index (κ1) is 39.3. The molecule has 5 heteroatoms. The van der Waals surface area contributed by atoms with Crippen LogP contribution in [0.3, 0.4) is 0 Å². The average Bonchev–Trinajstić information content (AvgIpc) is 3.46. The molecule has 1 aliphatic carbocycles. The number of hydrogen-bond donors (Lipinski definition) is 0. The molecular formula is C24H18Cu3Fe2+2. The SMILES string of the molecule is [C-]#Cc1cc[cH-]c1.[C-]#Cc1cc[cH-]c1.[CH]1[CH][CH][CH-][CH]1.[Cu+].[Cu+].[Cu+].[Fe+2].[Fe+3].c1cc[cH-]c1. The number of rotatable bonds is 0. The second kappa shape index (κ2) is 30.0. The van der Waals surface area contributed by atoms with E-state index in [2.05, 4.69) is 11.8 Å². The molecule has 3 aromatic carbocycles. The molecule has 0 atom stereocenters. The van der Waals surface area contributed by atoms with Gasteiger partial charge in [-0.25, -0.2) is 24.3 Å². The molecule has 0 spiro atoms. The van der Waals surface area contributed by atoms with Crippen molar-refractivity contribution in [3.8, 4) is 11.8 Å². The van der Waals surface area contributed by atoms with Gasteiger partial charge < -0.3 is 19.3 Å². The Bertz CT molecular complexity index is 601. The van der Waals surface area contributed by atoms with E-state index in [9.17, 15) is 0 Å². The molecule has 1 saturated carbocycles. The Hall–Kier alpha value is -0.233. The van der Waals surface area contributed by atoms with Gasteiger partial charge >= 0.3 is 85.3 Å². The minimum absolute atomic E-state index is 0. The summed E-state index contributed by atoms with van der Waals surface area (Å²) in [4.78, 5) is 0. The van der Waals surface area contributed by atoms with E-state index in [1.165, 1.54) is 0 Å². The molecule has 3 aromatic rings. The van der Waals surface area contributed by atoms with E-state index < -0.39 is 0 Å². The topological polar surface area (TPSA) is 0 Å². The summed E-state index contributed by atoms with van der Waals surface area (Å²) in [5, 5.41) is 0. The Balaban J connectivity index is -0.0000000842. The summed E-state index contributed by atoms with van der Waals surface area (Å²) < 4.78 is 0. The molecule has 0 nitrogen and oxygen atoms in total. The van der Waals surface area contributed by atoms with E-state index in [1.807, 2.05) is 111 Å². The maximum Gasteiger partial charge on any atom is 3.00 e. The van der Waals surface area contributed by atoms with Gasteiger partial charge in [-0.2, -0.15) is 67.4 Å². The predicted octanol–water partition coefficient (Wildman–Crippen LogP) is 5.10. The molecule has 4 rings (SSSR count). The summed E-state index contributed by atoms with van der Waals surface area (Å²) in [5.41, 5.74) is 1.69. The van der Waals surface area contributed by atoms with Crippen LogP contribution in [0.5, 0.6) is 0 Å². The van der Waals surface area contributed by atoms with Crippen LogP contribution >= 0.6 is 0 Å². The van der Waals surface area contributed by atoms with Gasteiger partial charge in [-0.15, -0.1) is 11.1 Å². The average molecular weight is 609 g/mol. The molecule has 0 unspecified atom stereocenters. The van der Waals surface area contributed by atoms with Crippen LogP contribution < -0.4 is 0 Å². The molecule has 5 radical (unpaired) electrons. The van der Waals surface area contributed by atoms with Crippen LogP contribution in [0.2, 0.25) is 0 Å². The van der Waals surface area contributed by atoms with E-state index in [0.29, 0.717) is 0 Å². The molecular weight excluding hydrogens is 591 g/mol. The summed E-state index contributed by atoms with van der Waals surface area (Å²) in [7, 11) is 0. The fraction of sp³-hybridized carbons (Fsp3) is 0. The summed E-state index contributed by atoms with van der Waals surface area (Å²) in [6, 6.07) is 24.9. The minimum Gasteiger partial charge on any atom is -0.360 e. The van der Waals surface area contributed by atoms with Crippen molar-refractivity contribution in [2.75, 3.05) is 0 Å². The van der Waals surface area contributed by atoms with Crippen LogP contribution in [0.25, 0.3) is 0 Å². The zero-order chi connectivity index (χ0) is 17.3. The van der Waals surface area contributed by atoms with Crippen molar-refractivity contribution in [3.63, 3.8) is 0 Å². The second-order valence-corrected chi connectivity index (χ2v) is 4.52. The van der Waals surface area contributed by atoms with Crippen molar-refractivity contribution >= 4 is 0 Å². The fourth-order valence-electron chi connectivity index (χ4n) is 1.56. The van der Waals surface area contributed by atoms with Gasteiger partial charge in [0.15, 0.2) is 0 Å². The summed E-state index contributed by atoms with van der Waals surface area (Å²) in [5.74, 6) is 4.51. The van der Waals surface area contributed by atoms with Gasteiger partial charge in [0.2, 0.25) is 0 Å². The van der Waals surface area contributed by atoms with Crippen molar-refractivity contribution in [2.45, 2.75) is 0 Å². The van der Waals surface area contributed by atoms with E-state index in [-0.39, 0.29) is 85.3 Å². The minimum atomic E-state index is 0. The molecule has 0 aliphatic heterocycles. The molecule has 161 valence electrons. The molecule has 0 N–H and O–H groups in total. The monoisotopic (exact) mass is 607 g/mol. The molecule has 0 saturated heterocycles. The Labute approximate surface area is 230 Å². The summed E-state index contributed by atoms with van der Waals surface area (Å²) in [6.07, 6.45) is 23.2. The smallest absolute Gasteiger partial charge is 0.360 e. The van der Waals surface area contributed by atoms with E-state index >= 15 is 0 Å². The third kappa shape index (κ3) is 23.9. The van der Waals surface area contributed by atoms with E-state index in [4.69, 9.17) is 12.8 Å². The normalized spacial score (nSPS) is 9.31. The first-order chi connectivity index (χ1) is 11.9. The zero-order valence-corrected chi connectivity index (χ0v) is 20.0. The Morgan fingerprint density at radius 1 is 0.655 bits per heavy atom. The van der Waals surface area contributed by atoms with Crippen molar-refractivity contribution < 1.29 is 85.3 Å². The van der Waals surface area contributed by atoms with Crippen LogP contribution in [0, 0.1) is 56.8 Å². The molecule has 0 heterocycles. The molecule has 1 aliphatic rings. The molecule has 0 amide bonds.